The molecule has 0 amide bonds. The van der Waals surface area contributed by atoms with E-state index in [1.165, 1.54) is 87.1 Å². The van der Waals surface area contributed by atoms with Crippen LogP contribution in [0.5, 0.6) is 0 Å². The number of nitrogens with zero attached hydrogens (tertiary/aromatic N) is 2. The zero-order chi connectivity index (χ0) is 35.2. The molecule has 0 saturated heterocycles. The highest BCUT2D eigenvalue weighted by Crippen LogP contribution is 2.39. The van der Waals surface area contributed by atoms with Crippen LogP contribution in [0.15, 0.2) is 189 Å². The molecule has 0 aliphatic rings. The van der Waals surface area contributed by atoms with Gasteiger partial charge in [-0.05, 0) is 98.9 Å². The first-order valence-corrected chi connectivity index (χ1v) is 17.9. The van der Waals surface area contributed by atoms with E-state index >= 15 is 0 Å². The summed E-state index contributed by atoms with van der Waals surface area (Å²) in [4.78, 5) is 0. The summed E-state index contributed by atoms with van der Waals surface area (Å²) in [7, 11) is 2.16. The molecule has 52 heavy (non-hydrogen) atoms. The summed E-state index contributed by atoms with van der Waals surface area (Å²) in [5, 5.41) is 13.1. The molecule has 10 aromatic rings. The second-order valence-corrected chi connectivity index (χ2v) is 13.4. The molecule has 0 aliphatic carbocycles. The number of hydrogen-bond acceptors (Lipinski definition) is 0. The highest BCUT2D eigenvalue weighted by molar-refractivity contribution is 6.28. The number of rotatable bonds is 4. The number of aryl methyl sites for hydroxylation is 1. The average molecular weight is 667 g/mol. The maximum atomic E-state index is 3.91. The second-order valence-electron chi connectivity index (χ2n) is 13.4. The minimum Gasteiger partial charge on any atom is -0.344 e. The fourth-order valence-corrected chi connectivity index (χ4v) is 8.03. The topological polar surface area (TPSA) is 9.86 Å². The van der Waals surface area contributed by atoms with Crippen LogP contribution in [0.4, 0.5) is 0 Å². The largest absolute Gasteiger partial charge is 0.344 e. The van der Waals surface area contributed by atoms with Gasteiger partial charge in [0.2, 0.25) is 0 Å². The van der Waals surface area contributed by atoms with Gasteiger partial charge in [-0.1, -0.05) is 140 Å². The molecule has 248 valence electrons. The number of para-hydroxylation sites is 1. The first kappa shape index (κ1) is 31.3. The lowest BCUT2D eigenvalue weighted by atomic mass is 9.99. The number of hydrogen-bond donors (Lipinski definition) is 0. The van der Waals surface area contributed by atoms with E-state index < -0.39 is 0 Å². The number of aromatic nitrogens is 2. The molecule has 2 heteroatoms. The summed E-state index contributed by atoms with van der Waals surface area (Å²) in [6.45, 7) is 5.95. The van der Waals surface area contributed by atoms with E-state index in [0.717, 1.165) is 5.70 Å². The Bertz CT molecular complexity index is 2960. The van der Waals surface area contributed by atoms with E-state index in [-0.39, 0.29) is 0 Å². The van der Waals surface area contributed by atoms with Crippen LogP contribution in [0.2, 0.25) is 0 Å². The molecular weight excluding hydrogens is 629 g/mol. The fraction of sp³-hybridized carbons (Fsp3) is 0.0400. The van der Waals surface area contributed by atoms with Gasteiger partial charge in [-0.25, -0.2) is 0 Å². The Morgan fingerprint density at radius 3 is 1.63 bits per heavy atom. The summed E-state index contributed by atoms with van der Waals surface area (Å²) in [6.07, 6.45) is 8.10. The molecule has 0 aliphatic heterocycles. The van der Waals surface area contributed by atoms with Crippen LogP contribution < -0.4 is 0 Å². The molecule has 0 saturated carbocycles. The standard InChI is InChI=1S/C29H23N.C21H15N/c1-3-9-25(10-4-2)30-28-14-8-7-13-26(28)27-20-24(17-18-29(27)30)23-16-15-21-11-5-6-12-22(21)19-23;1-22-18-12-10-14-6-2-4-8-16(14)20(18)21-17-9-5-3-7-15(17)11-13-19(21)22/h3-20H,1H2,2H3;2-13H,1H3/b10-4-,25-9+;. The SMILES string of the molecule is C=C/C=C(\C=C/C)n1c2ccccc2c2cc(-c3ccc4ccccc4c3)ccc21.Cn1c2ccc3ccccc3c2c2c3ccccc3ccc21. The molecule has 0 atom stereocenters. The molecule has 2 nitrogen and oxygen atoms in total. The van der Waals surface area contributed by atoms with E-state index in [0.29, 0.717) is 0 Å². The molecule has 0 radical (unpaired) electrons. The van der Waals surface area contributed by atoms with E-state index in [9.17, 15) is 0 Å². The summed E-state index contributed by atoms with van der Waals surface area (Å²) in [6, 6.07) is 56.9. The third-order valence-corrected chi connectivity index (χ3v) is 10.4. The lowest BCUT2D eigenvalue weighted by Crippen LogP contribution is -1.94. The normalized spacial score (nSPS) is 12.2. The second kappa shape index (κ2) is 12.9. The van der Waals surface area contributed by atoms with Crippen LogP contribution in [0, 0.1) is 0 Å². The van der Waals surface area contributed by atoms with Crippen LogP contribution in [0.25, 0.3) is 92.8 Å². The van der Waals surface area contributed by atoms with Gasteiger partial charge in [0.05, 0.1) is 11.0 Å². The first-order chi connectivity index (χ1) is 25.6. The molecule has 2 heterocycles. The third-order valence-electron chi connectivity index (χ3n) is 10.4. The van der Waals surface area contributed by atoms with Gasteiger partial charge in [0.25, 0.3) is 0 Å². The van der Waals surface area contributed by atoms with Crippen molar-refractivity contribution in [1.82, 2.24) is 9.13 Å². The number of allylic oxidation sites excluding steroid dienone is 5. The van der Waals surface area contributed by atoms with Crippen LogP contribution >= 0.6 is 0 Å². The Morgan fingerprint density at radius 2 is 0.981 bits per heavy atom. The highest BCUT2D eigenvalue weighted by Gasteiger charge is 2.15. The Kier molecular flexibility index (Phi) is 7.79. The van der Waals surface area contributed by atoms with Crippen molar-refractivity contribution in [2.24, 2.45) is 7.05 Å². The van der Waals surface area contributed by atoms with Crippen molar-refractivity contribution in [1.29, 1.82) is 0 Å². The molecule has 0 fully saturated rings. The van der Waals surface area contributed by atoms with E-state index in [2.05, 4.69) is 199 Å². The van der Waals surface area contributed by atoms with Gasteiger partial charge in [-0.3, -0.25) is 0 Å². The van der Waals surface area contributed by atoms with Crippen LogP contribution in [-0.2, 0) is 7.05 Å². The molecule has 10 rings (SSSR count). The molecule has 0 spiro atoms. The highest BCUT2D eigenvalue weighted by atomic mass is 15.0. The van der Waals surface area contributed by atoms with E-state index in [1.807, 2.05) is 13.0 Å². The van der Waals surface area contributed by atoms with Crippen molar-refractivity contribution >= 4 is 81.6 Å². The van der Waals surface area contributed by atoms with Crippen molar-refractivity contribution in [3.05, 3.63) is 189 Å². The molecular formula is C50H38N2. The van der Waals surface area contributed by atoms with Gasteiger partial charge in [-0.2, -0.15) is 0 Å². The van der Waals surface area contributed by atoms with Crippen molar-refractivity contribution in [2.75, 3.05) is 0 Å². The predicted molar refractivity (Wildman–Crippen MR) is 227 cm³/mol. The molecule has 8 aromatic carbocycles. The van der Waals surface area contributed by atoms with Gasteiger partial charge in [-0.15, -0.1) is 0 Å². The third kappa shape index (κ3) is 5.11. The zero-order valence-electron chi connectivity index (χ0n) is 29.4. The Labute approximate surface area is 303 Å². The maximum Gasteiger partial charge on any atom is 0.0541 e. The first-order valence-electron chi connectivity index (χ1n) is 17.9. The van der Waals surface area contributed by atoms with Crippen LogP contribution in [0.3, 0.4) is 0 Å². The van der Waals surface area contributed by atoms with Crippen molar-refractivity contribution in [2.45, 2.75) is 6.92 Å². The Balaban J connectivity index is 0.000000145. The Morgan fingerprint density at radius 1 is 0.481 bits per heavy atom. The summed E-state index contributed by atoms with van der Waals surface area (Å²) in [5.74, 6) is 0. The number of benzene rings is 8. The summed E-state index contributed by atoms with van der Waals surface area (Å²) >= 11 is 0. The van der Waals surface area contributed by atoms with Crippen molar-refractivity contribution < 1.29 is 0 Å². The number of fused-ring (bicyclic) bond motifs is 11. The summed E-state index contributed by atoms with van der Waals surface area (Å²) in [5.41, 5.74) is 8.58. The van der Waals surface area contributed by atoms with Gasteiger partial charge in [0.15, 0.2) is 0 Å². The van der Waals surface area contributed by atoms with Gasteiger partial charge in [0, 0.05) is 45.3 Å². The lowest BCUT2D eigenvalue weighted by molar-refractivity contribution is 1.02. The van der Waals surface area contributed by atoms with Crippen molar-refractivity contribution in [3.63, 3.8) is 0 Å². The van der Waals surface area contributed by atoms with Gasteiger partial charge in [0.1, 0.15) is 0 Å². The quantitative estimate of drug-likeness (QED) is 0.165. The Hall–Kier alpha value is -6.64. The van der Waals surface area contributed by atoms with E-state index in [4.69, 9.17) is 0 Å². The van der Waals surface area contributed by atoms with Crippen molar-refractivity contribution in [3.8, 4) is 11.1 Å². The molecule has 0 N–H and O–H groups in total. The van der Waals surface area contributed by atoms with Crippen LogP contribution in [0.1, 0.15) is 6.92 Å². The molecule has 0 bridgehead atoms. The average Bonchev–Trinajstić information content (AvgIpc) is 3.69. The van der Waals surface area contributed by atoms with Crippen LogP contribution in [-0.4, -0.2) is 9.13 Å². The minimum atomic E-state index is 1.11. The fourth-order valence-electron chi connectivity index (χ4n) is 8.03. The minimum absolute atomic E-state index is 1.11. The lowest BCUT2D eigenvalue weighted by Gasteiger charge is -2.09. The smallest absolute Gasteiger partial charge is 0.0541 e. The monoisotopic (exact) mass is 666 g/mol. The zero-order valence-corrected chi connectivity index (χ0v) is 29.4. The van der Waals surface area contributed by atoms with E-state index in [1.54, 1.807) is 0 Å². The summed E-state index contributed by atoms with van der Waals surface area (Å²) < 4.78 is 4.63. The maximum absolute atomic E-state index is 3.91. The van der Waals surface area contributed by atoms with Gasteiger partial charge < -0.3 is 9.13 Å². The molecule has 2 aromatic heterocycles. The molecule has 0 unspecified atom stereocenters. The van der Waals surface area contributed by atoms with Gasteiger partial charge >= 0.3 is 0 Å². The predicted octanol–water partition coefficient (Wildman–Crippen LogP) is 13.9.